The molecular formula is C9H11ClN2O2. The lowest BCUT2D eigenvalue weighted by molar-refractivity contribution is 0.0602. The molecule has 0 radical (unpaired) electrons. The zero-order valence-electron chi connectivity index (χ0n) is 7.69. The number of aliphatic imine (C=N–C) groups is 1. The Labute approximate surface area is 88.2 Å². The third kappa shape index (κ3) is 2.47. The van der Waals surface area contributed by atoms with E-state index >= 15 is 0 Å². The summed E-state index contributed by atoms with van der Waals surface area (Å²) in [6, 6.07) is 4.78. The summed E-state index contributed by atoms with van der Waals surface area (Å²) >= 11 is 0. The van der Waals surface area contributed by atoms with Crippen molar-refractivity contribution in [3.05, 3.63) is 23.8 Å². The number of halogens is 1. The molecule has 0 amide bonds. The minimum atomic E-state index is -0.451. The van der Waals surface area contributed by atoms with Gasteiger partial charge in [-0.2, -0.15) is 0 Å². The first-order valence-electron chi connectivity index (χ1n) is 3.63. The Balaban J connectivity index is 0.00000169. The van der Waals surface area contributed by atoms with E-state index in [0.29, 0.717) is 16.9 Å². The van der Waals surface area contributed by atoms with Gasteiger partial charge in [0.2, 0.25) is 0 Å². The summed E-state index contributed by atoms with van der Waals surface area (Å²) < 4.78 is 4.53. The van der Waals surface area contributed by atoms with E-state index < -0.39 is 5.97 Å². The largest absolute Gasteiger partial charge is 0.465 e. The smallest absolute Gasteiger partial charge is 0.339 e. The van der Waals surface area contributed by atoms with Gasteiger partial charge in [-0.1, -0.05) is 0 Å². The maximum Gasteiger partial charge on any atom is 0.339 e. The van der Waals surface area contributed by atoms with E-state index in [0.717, 1.165) is 0 Å². The molecule has 4 nitrogen and oxygen atoms in total. The van der Waals surface area contributed by atoms with E-state index in [9.17, 15) is 4.79 Å². The van der Waals surface area contributed by atoms with Crippen molar-refractivity contribution in [3.8, 4) is 0 Å². The predicted molar refractivity (Wildman–Crippen MR) is 58.7 cm³/mol. The molecule has 0 aliphatic heterocycles. The van der Waals surface area contributed by atoms with Crippen molar-refractivity contribution in [3.63, 3.8) is 0 Å². The molecule has 0 saturated heterocycles. The van der Waals surface area contributed by atoms with Crippen LogP contribution in [0, 0.1) is 0 Å². The monoisotopic (exact) mass is 214 g/mol. The number of hydrogen-bond donors (Lipinski definition) is 1. The molecule has 0 bridgehead atoms. The molecule has 1 aromatic rings. The number of anilines is 1. The highest BCUT2D eigenvalue weighted by Crippen LogP contribution is 2.20. The van der Waals surface area contributed by atoms with Crippen LogP contribution in [0.5, 0.6) is 0 Å². The zero-order valence-corrected chi connectivity index (χ0v) is 8.50. The topological polar surface area (TPSA) is 64.7 Å². The molecule has 5 heteroatoms. The molecule has 0 aliphatic rings. The molecule has 0 atom stereocenters. The van der Waals surface area contributed by atoms with Gasteiger partial charge >= 0.3 is 5.97 Å². The predicted octanol–water partition coefficient (Wildman–Crippen LogP) is 1.81. The molecular weight excluding hydrogens is 204 g/mol. The van der Waals surface area contributed by atoms with Crippen LogP contribution in [-0.2, 0) is 4.74 Å². The third-order valence-corrected chi connectivity index (χ3v) is 1.62. The Bertz CT molecular complexity index is 353. The summed E-state index contributed by atoms with van der Waals surface area (Å²) in [5.74, 6) is -0.451. The quantitative estimate of drug-likeness (QED) is 0.464. The molecule has 76 valence electrons. The van der Waals surface area contributed by atoms with Crippen molar-refractivity contribution < 1.29 is 9.53 Å². The van der Waals surface area contributed by atoms with Crippen LogP contribution in [0.1, 0.15) is 10.4 Å². The van der Waals surface area contributed by atoms with Crippen LogP contribution in [0.3, 0.4) is 0 Å². The summed E-state index contributed by atoms with van der Waals surface area (Å²) in [6.07, 6.45) is 0. The third-order valence-electron chi connectivity index (χ3n) is 1.62. The number of nitrogens with zero attached hydrogens (tertiary/aromatic N) is 1. The molecule has 0 aliphatic carbocycles. The second-order valence-corrected chi connectivity index (χ2v) is 2.42. The lowest BCUT2D eigenvalue weighted by Crippen LogP contribution is -2.04. The van der Waals surface area contributed by atoms with Crippen molar-refractivity contribution in [2.75, 3.05) is 12.8 Å². The summed E-state index contributed by atoms with van der Waals surface area (Å²) in [6.45, 7) is 3.34. The average Bonchev–Trinajstić information content (AvgIpc) is 2.16. The van der Waals surface area contributed by atoms with Gasteiger partial charge in [0, 0.05) is 5.69 Å². The highest BCUT2D eigenvalue weighted by molar-refractivity contribution is 5.95. The fraction of sp³-hybridized carbons (Fsp3) is 0.111. The summed E-state index contributed by atoms with van der Waals surface area (Å²) in [4.78, 5) is 14.8. The van der Waals surface area contributed by atoms with Crippen LogP contribution in [-0.4, -0.2) is 19.8 Å². The Morgan fingerprint density at radius 1 is 1.57 bits per heavy atom. The first-order chi connectivity index (χ1) is 6.19. The van der Waals surface area contributed by atoms with Gasteiger partial charge in [-0.3, -0.25) is 4.99 Å². The molecule has 2 N–H and O–H groups in total. The van der Waals surface area contributed by atoms with Crippen molar-refractivity contribution in [2.24, 2.45) is 4.99 Å². The van der Waals surface area contributed by atoms with E-state index in [2.05, 4.69) is 16.4 Å². The number of rotatable bonds is 2. The van der Waals surface area contributed by atoms with Crippen LogP contribution in [0.4, 0.5) is 11.4 Å². The van der Waals surface area contributed by atoms with Gasteiger partial charge in [-0.25, -0.2) is 4.79 Å². The van der Waals surface area contributed by atoms with Crippen molar-refractivity contribution in [1.29, 1.82) is 0 Å². The van der Waals surface area contributed by atoms with E-state index in [4.69, 9.17) is 5.73 Å². The van der Waals surface area contributed by atoms with Crippen molar-refractivity contribution >= 4 is 36.5 Å². The number of methoxy groups -OCH3 is 1. The van der Waals surface area contributed by atoms with Gasteiger partial charge in [0.15, 0.2) is 0 Å². The molecule has 14 heavy (non-hydrogen) atoms. The van der Waals surface area contributed by atoms with Crippen LogP contribution in [0.2, 0.25) is 0 Å². The van der Waals surface area contributed by atoms with Crippen molar-refractivity contribution in [1.82, 2.24) is 0 Å². The Hall–Kier alpha value is -1.55. The number of hydrogen-bond acceptors (Lipinski definition) is 4. The molecule has 1 aromatic carbocycles. The van der Waals surface area contributed by atoms with Gasteiger partial charge in [0.1, 0.15) is 0 Å². The lowest BCUT2D eigenvalue weighted by atomic mass is 10.1. The van der Waals surface area contributed by atoms with Gasteiger partial charge in [-0.05, 0) is 24.9 Å². The zero-order chi connectivity index (χ0) is 9.84. The van der Waals surface area contributed by atoms with Gasteiger partial charge in [-0.15, -0.1) is 12.4 Å². The average molecular weight is 215 g/mol. The van der Waals surface area contributed by atoms with Crippen LogP contribution in [0.25, 0.3) is 0 Å². The Morgan fingerprint density at radius 2 is 2.21 bits per heavy atom. The summed E-state index contributed by atoms with van der Waals surface area (Å²) in [5, 5.41) is 0. The maximum absolute atomic E-state index is 11.1. The summed E-state index contributed by atoms with van der Waals surface area (Å²) in [7, 11) is 1.31. The number of ether oxygens (including phenoxy) is 1. The molecule has 1 rings (SSSR count). The number of benzene rings is 1. The Kier molecular flexibility index (Phi) is 4.66. The van der Waals surface area contributed by atoms with E-state index in [1.54, 1.807) is 18.2 Å². The first kappa shape index (κ1) is 12.4. The van der Waals surface area contributed by atoms with E-state index in [-0.39, 0.29) is 12.4 Å². The highest BCUT2D eigenvalue weighted by Gasteiger charge is 2.09. The highest BCUT2D eigenvalue weighted by atomic mass is 35.5. The normalized spacial score (nSPS) is 8.64. The fourth-order valence-electron chi connectivity index (χ4n) is 0.944. The van der Waals surface area contributed by atoms with Gasteiger partial charge in [0.05, 0.1) is 18.4 Å². The molecule has 0 aromatic heterocycles. The second kappa shape index (κ2) is 5.24. The van der Waals surface area contributed by atoms with E-state index in [1.807, 2.05) is 0 Å². The minimum absolute atomic E-state index is 0. The van der Waals surface area contributed by atoms with Crippen LogP contribution >= 0.6 is 12.4 Å². The van der Waals surface area contributed by atoms with Gasteiger partial charge in [0.25, 0.3) is 0 Å². The van der Waals surface area contributed by atoms with Crippen LogP contribution in [0.15, 0.2) is 23.2 Å². The number of nitrogen functional groups attached to an aromatic ring is 1. The Morgan fingerprint density at radius 3 is 2.64 bits per heavy atom. The number of carbonyl (C=O) groups excluding carboxylic acids is 1. The second-order valence-electron chi connectivity index (χ2n) is 2.42. The molecule has 0 spiro atoms. The SMILES string of the molecule is C=Nc1ccc(C(=O)OC)c(N)c1.Cl. The molecule has 0 unspecified atom stereocenters. The number of nitrogens with two attached hydrogens (primary N) is 1. The first-order valence-corrected chi connectivity index (χ1v) is 3.63. The van der Waals surface area contributed by atoms with Gasteiger partial charge < -0.3 is 10.5 Å². The fourth-order valence-corrected chi connectivity index (χ4v) is 0.944. The number of carbonyl (C=O) groups is 1. The number of esters is 1. The molecule has 0 fully saturated rings. The van der Waals surface area contributed by atoms with Crippen LogP contribution < -0.4 is 5.73 Å². The molecule has 0 heterocycles. The molecule has 0 saturated carbocycles. The van der Waals surface area contributed by atoms with Crippen molar-refractivity contribution in [2.45, 2.75) is 0 Å². The minimum Gasteiger partial charge on any atom is -0.465 e. The standard InChI is InChI=1S/C9H10N2O2.ClH/c1-11-6-3-4-7(8(10)5-6)9(12)13-2;/h3-5H,1,10H2,2H3;1H. The van der Waals surface area contributed by atoms with E-state index in [1.165, 1.54) is 7.11 Å². The maximum atomic E-state index is 11.1. The lowest BCUT2D eigenvalue weighted by Gasteiger charge is -2.03. The summed E-state index contributed by atoms with van der Waals surface area (Å²) in [5.41, 5.74) is 6.90.